The summed E-state index contributed by atoms with van der Waals surface area (Å²) in [5.41, 5.74) is 3.53. The minimum absolute atomic E-state index is 0.648. The van der Waals surface area contributed by atoms with E-state index in [1.807, 2.05) is 48.5 Å². The van der Waals surface area contributed by atoms with Crippen LogP contribution in [0.2, 0.25) is 5.02 Å². The van der Waals surface area contributed by atoms with Crippen molar-refractivity contribution in [2.45, 2.75) is 0 Å². The van der Waals surface area contributed by atoms with Crippen molar-refractivity contribution < 1.29 is 0 Å². The maximum absolute atomic E-state index is 8.88. The molecule has 3 heteroatoms. The summed E-state index contributed by atoms with van der Waals surface area (Å²) in [6, 6.07) is 17.5. The Morgan fingerprint density at radius 3 is 2.67 bits per heavy atom. The average Bonchev–Trinajstić information content (AvgIpc) is 2.81. The van der Waals surface area contributed by atoms with E-state index in [-0.39, 0.29) is 0 Å². The zero-order chi connectivity index (χ0) is 12.5. The maximum atomic E-state index is 8.88. The zero-order valence-electron chi connectivity index (χ0n) is 9.44. The topological polar surface area (TPSA) is 39.6 Å². The van der Waals surface area contributed by atoms with E-state index >= 15 is 0 Å². The van der Waals surface area contributed by atoms with Gasteiger partial charge in [-0.25, -0.2) is 0 Å². The van der Waals surface area contributed by atoms with Crippen molar-refractivity contribution >= 4 is 22.5 Å². The van der Waals surface area contributed by atoms with E-state index in [2.05, 4.69) is 11.1 Å². The second kappa shape index (κ2) is 4.21. The molecule has 1 aromatic heterocycles. The van der Waals surface area contributed by atoms with Gasteiger partial charge in [0.05, 0.1) is 11.6 Å². The summed E-state index contributed by atoms with van der Waals surface area (Å²) in [6.45, 7) is 0. The molecule has 0 radical (unpaired) electrons. The fourth-order valence-electron chi connectivity index (χ4n) is 2.02. The average molecular weight is 253 g/mol. The van der Waals surface area contributed by atoms with E-state index in [0.717, 1.165) is 22.2 Å². The lowest BCUT2D eigenvalue weighted by molar-refractivity contribution is 1.44. The first kappa shape index (κ1) is 10.9. The lowest BCUT2D eigenvalue weighted by Crippen LogP contribution is -1.78. The van der Waals surface area contributed by atoms with Gasteiger partial charge in [0.1, 0.15) is 0 Å². The first-order valence-electron chi connectivity index (χ1n) is 5.56. The molecule has 0 amide bonds. The normalized spacial score (nSPS) is 10.4. The molecule has 3 aromatic rings. The van der Waals surface area contributed by atoms with Crippen molar-refractivity contribution in [1.29, 1.82) is 5.26 Å². The number of rotatable bonds is 1. The molecule has 0 saturated carbocycles. The van der Waals surface area contributed by atoms with Gasteiger partial charge in [0.15, 0.2) is 0 Å². The monoisotopic (exact) mass is 252 g/mol. The Balaban J connectivity index is 2.20. The first-order chi connectivity index (χ1) is 8.78. The lowest BCUT2D eigenvalue weighted by atomic mass is 10.1. The van der Waals surface area contributed by atoms with Crippen LogP contribution in [0, 0.1) is 11.3 Å². The smallest absolute Gasteiger partial charge is 0.0992 e. The Bertz CT molecular complexity index is 766. The van der Waals surface area contributed by atoms with Crippen LogP contribution in [0.3, 0.4) is 0 Å². The third kappa shape index (κ3) is 1.75. The minimum atomic E-state index is 0.648. The predicted molar refractivity (Wildman–Crippen MR) is 73.5 cm³/mol. The SMILES string of the molecule is N#Cc1ccc2cc(-c3ccccc3Cl)[nH]c2c1. The van der Waals surface area contributed by atoms with Crippen LogP contribution in [0.1, 0.15) is 5.56 Å². The quantitative estimate of drug-likeness (QED) is 0.687. The van der Waals surface area contributed by atoms with E-state index in [1.165, 1.54) is 0 Å². The molecule has 2 nitrogen and oxygen atoms in total. The Hall–Kier alpha value is -2.24. The molecule has 0 saturated heterocycles. The largest absolute Gasteiger partial charge is 0.354 e. The molecule has 0 unspecified atom stereocenters. The van der Waals surface area contributed by atoms with Crippen molar-refractivity contribution in [3.8, 4) is 17.3 Å². The Kier molecular flexibility index (Phi) is 2.55. The molecule has 0 bridgehead atoms. The molecule has 0 aliphatic carbocycles. The number of aromatic amines is 1. The molecule has 2 aromatic carbocycles. The van der Waals surface area contributed by atoms with Gasteiger partial charge in [-0.3, -0.25) is 0 Å². The first-order valence-corrected chi connectivity index (χ1v) is 5.93. The van der Waals surface area contributed by atoms with Crippen LogP contribution >= 0.6 is 11.6 Å². The highest BCUT2D eigenvalue weighted by Crippen LogP contribution is 2.29. The molecule has 86 valence electrons. The van der Waals surface area contributed by atoms with Crippen LogP contribution in [0.25, 0.3) is 22.2 Å². The van der Waals surface area contributed by atoms with E-state index in [1.54, 1.807) is 0 Å². The second-order valence-corrected chi connectivity index (χ2v) is 4.48. The molecule has 0 fully saturated rings. The van der Waals surface area contributed by atoms with E-state index in [4.69, 9.17) is 16.9 Å². The maximum Gasteiger partial charge on any atom is 0.0992 e. The summed E-state index contributed by atoms with van der Waals surface area (Å²) < 4.78 is 0. The van der Waals surface area contributed by atoms with E-state index < -0.39 is 0 Å². The van der Waals surface area contributed by atoms with Gasteiger partial charge in [0.25, 0.3) is 0 Å². The third-order valence-corrected chi connectivity index (χ3v) is 3.25. The van der Waals surface area contributed by atoms with Crippen molar-refractivity contribution in [3.05, 3.63) is 59.1 Å². The molecule has 0 atom stereocenters. The highest BCUT2D eigenvalue weighted by Gasteiger charge is 2.06. The number of nitrogens with one attached hydrogen (secondary N) is 1. The van der Waals surface area contributed by atoms with Gasteiger partial charge < -0.3 is 4.98 Å². The zero-order valence-corrected chi connectivity index (χ0v) is 10.2. The number of halogens is 1. The molecule has 0 spiro atoms. The van der Waals surface area contributed by atoms with Gasteiger partial charge in [-0.05, 0) is 24.3 Å². The van der Waals surface area contributed by atoms with Gasteiger partial charge in [-0.1, -0.05) is 35.9 Å². The number of benzene rings is 2. The fraction of sp³-hybridized carbons (Fsp3) is 0. The lowest BCUT2D eigenvalue weighted by Gasteiger charge is -1.99. The van der Waals surface area contributed by atoms with Crippen LogP contribution in [-0.2, 0) is 0 Å². The highest BCUT2D eigenvalue weighted by atomic mass is 35.5. The third-order valence-electron chi connectivity index (χ3n) is 2.92. The highest BCUT2D eigenvalue weighted by molar-refractivity contribution is 6.33. The Labute approximate surface area is 109 Å². The van der Waals surface area contributed by atoms with Crippen LogP contribution in [0.15, 0.2) is 48.5 Å². The van der Waals surface area contributed by atoms with Crippen molar-refractivity contribution in [2.75, 3.05) is 0 Å². The van der Waals surface area contributed by atoms with Gasteiger partial charge in [0, 0.05) is 27.2 Å². The molecular formula is C15H9ClN2. The van der Waals surface area contributed by atoms with Gasteiger partial charge in [-0.2, -0.15) is 5.26 Å². The summed E-state index contributed by atoms with van der Waals surface area (Å²) >= 11 is 6.17. The summed E-state index contributed by atoms with van der Waals surface area (Å²) in [5.74, 6) is 0. The molecule has 3 rings (SSSR count). The van der Waals surface area contributed by atoms with Crippen LogP contribution < -0.4 is 0 Å². The number of fused-ring (bicyclic) bond motifs is 1. The van der Waals surface area contributed by atoms with E-state index in [0.29, 0.717) is 10.6 Å². The van der Waals surface area contributed by atoms with Crippen LogP contribution in [0.4, 0.5) is 0 Å². The molecule has 1 heterocycles. The number of nitrogens with zero attached hydrogens (tertiary/aromatic N) is 1. The molecule has 0 aliphatic rings. The number of H-pyrrole nitrogens is 1. The van der Waals surface area contributed by atoms with Crippen LogP contribution in [0.5, 0.6) is 0 Å². The number of hydrogen-bond acceptors (Lipinski definition) is 1. The van der Waals surface area contributed by atoms with Gasteiger partial charge in [0.2, 0.25) is 0 Å². The summed E-state index contributed by atoms with van der Waals surface area (Å²) in [6.07, 6.45) is 0. The molecule has 18 heavy (non-hydrogen) atoms. The molecular weight excluding hydrogens is 244 g/mol. The summed E-state index contributed by atoms with van der Waals surface area (Å²) in [7, 11) is 0. The Morgan fingerprint density at radius 2 is 1.89 bits per heavy atom. The van der Waals surface area contributed by atoms with Crippen molar-refractivity contribution in [2.24, 2.45) is 0 Å². The van der Waals surface area contributed by atoms with Gasteiger partial charge >= 0.3 is 0 Å². The van der Waals surface area contributed by atoms with Crippen LogP contribution in [-0.4, -0.2) is 4.98 Å². The summed E-state index contributed by atoms with van der Waals surface area (Å²) in [5, 5.41) is 10.7. The second-order valence-electron chi connectivity index (χ2n) is 4.08. The van der Waals surface area contributed by atoms with Gasteiger partial charge in [-0.15, -0.1) is 0 Å². The standard InChI is InChI=1S/C15H9ClN2/c16-13-4-2-1-3-12(13)15-8-11-6-5-10(9-17)7-14(11)18-15/h1-8,18H. The number of hydrogen-bond donors (Lipinski definition) is 1. The predicted octanol–water partition coefficient (Wildman–Crippen LogP) is 4.36. The number of nitriles is 1. The minimum Gasteiger partial charge on any atom is -0.354 e. The van der Waals surface area contributed by atoms with Crippen molar-refractivity contribution in [3.63, 3.8) is 0 Å². The Morgan fingerprint density at radius 1 is 1.06 bits per heavy atom. The number of aromatic nitrogens is 1. The van der Waals surface area contributed by atoms with Crippen molar-refractivity contribution in [1.82, 2.24) is 4.98 Å². The van der Waals surface area contributed by atoms with E-state index in [9.17, 15) is 0 Å². The molecule has 0 aliphatic heterocycles. The molecule has 1 N–H and O–H groups in total. The fourth-order valence-corrected chi connectivity index (χ4v) is 2.26. The summed E-state index contributed by atoms with van der Waals surface area (Å²) in [4.78, 5) is 3.29.